The number of hydrogen-bond donors (Lipinski definition) is 0. The molecule has 0 spiro atoms. The summed E-state index contributed by atoms with van der Waals surface area (Å²) in [6.07, 6.45) is 7.16. The smallest absolute Gasteiger partial charge is 0.408 e. The number of hydrogen-bond acceptors (Lipinski definition) is 5. The van der Waals surface area contributed by atoms with Crippen LogP contribution in [-0.2, 0) is 23.6 Å². The van der Waals surface area contributed by atoms with Crippen LogP contribution in [0.2, 0.25) is 0 Å². The number of rotatable bonds is 4. The zero-order chi connectivity index (χ0) is 19.9. The van der Waals surface area contributed by atoms with Crippen molar-refractivity contribution in [2.45, 2.75) is 50.1 Å². The van der Waals surface area contributed by atoms with Crippen LogP contribution in [0.25, 0.3) is 11.1 Å². The average Bonchev–Trinajstić information content (AvgIpc) is 3.12. The van der Waals surface area contributed by atoms with Crippen molar-refractivity contribution in [2.24, 2.45) is 7.05 Å². The molecule has 0 N–H and O–H groups in total. The maximum absolute atomic E-state index is 13.5. The van der Waals surface area contributed by atoms with E-state index in [4.69, 9.17) is 4.42 Å². The molecule has 0 saturated carbocycles. The van der Waals surface area contributed by atoms with E-state index >= 15 is 0 Å². The summed E-state index contributed by atoms with van der Waals surface area (Å²) in [4.78, 5) is 12.1. The molecular weight excluding hydrogens is 380 g/mol. The average molecular weight is 404 g/mol. The molecule has 1 unspecified atom stereocenters. The van der Waals surface area contributed by atoms with Gasteiger partial charge >= 0.3 is 5.76 Å². The summed E-state index contributed by atoms with van der Waals surface area (Å²) in [6, 6.07) is 4.42. The lowest BCUT2D eigenvalue weighted by molar-refractivity contribution is 0.329. The lowest BCUT2D eigenvalue weighted by Gasteiger charge is -2.28. The van der Waals surface area contributed by atoms with Crippen molar-refractivity contribution in [3.8, 4) is 0 Å². The van der Waals surface area contributed by atoms with E-state index in [1.54, 1.807) is 27.3 Å². The van der Waals surface area contributed by atoms with Crippen molar-refractivity contribution in [3.05, 3.63) is 46.7 Å². The normalized spacial score (nSPS) is 19.1. The minimum Gasteiger partial charge on any atom is -0.408 e. The van der Waals surface area contributed by atoms with Crippen molar-refractivity contribution in [3.63, 3.8) is 0 Å². The second kappa shape index (κ2) is 7.21. The standard InChI is InChI=1S/C19H24N4O4S/c1-3-22-17-9-8-15(11-18(17)27-19(22)24)28(25,26)23-10-6-4-5-7-16(23)14-12-20-21(2)13-14/h8-9,11-13,16H,3-7,10H2,1-2H3. The number of fused-ring (bicyclic) bond motifs is 1. The van der Waals surface area contributed by atoms with E-state index in [0.717, 1.165) is 31.2 Å². The molecule has 0 bridgehead atoms. The fourth-order valence-corrected chi connectivity index (χ4v) is 5.66. The summed E-state index contributed by atoms with van der Waals surface area (Å²) in [5, 5.41) is 4.22. The maximum Gasteiger partial charge on any atom is 0.419 e. The third-order valence-corrected chi connectivity index (χ3v) is 7.28. The van der Waals surface area contributed by atoms with E-state index in [9.17, 15) is 13.2 Å². The lowest BCUT2D eigenvalue weighted by Crippen LogP contribution is -2.34. The molecule has 0 radical (unpaired) electrons. The fourth-order valence-electron chi connectivity index (χ4n) is 3.96. The number of nitrogens with zero attached hydrogens (tertiary/aromatic N) is 4. The highest BCUT2D eigenvalue weighted by Gasteiger charge is 2.34. The molecule has 1 aliphatic rings. The Bertz CT molecular complexity index is 1160. The molecule has 1 saturated heterocycles. The first-order valence-corrected chi connectivity index (χ1v) is 11.0. The first-order valence-electron chi connectivity index (χ1n) is 9.55. The zero-order valence-corrected chi connectivity index (χ0v) is 16.9. The van der Waals surface area contributed by atoms with Gasteiger partial charge in [0.15, 0.2) is 5.58 Å². The van der Waals surface area contributed by atoms with Gasteiger partial charge in [-0.05, 0) is 31.9 Å². The topological polar surface area (TPSA) is 90.3 Å². The zero-order valence-electron chi connectivity index (χ0n) is 16.0. The van der Waals surface area contributed by atoms with Crippen molar-refractivity contribution in [2.75, 3.05) is 6.54 Å². The highest BCUT2D eigenvalue weighted by atomic mass is 32.2. The Balaban J connectivity index is 1.78. The molecule has 1 aliphatic heterocycles. The molecule has 9 heteroatoms. The van der Waals surface area contributed by atoms with Crippen molar-refractivity contribution in [1.82, 2.24) is 18.7 Å². The van der Waals surface area contributed by atoms with Crippen LogP contribution in [-0.4, -0.2) is 33.6 Å². The van der Waals surface area contributed by atoms with Crippen LogP contribution in [0.1, 0.15) is 44.2 Å². The second-order valence-corrected chi connectivity index (χ2v) is 9.06. The van der Waals surface area contributed by atoms with Crippen LogP contribution >= 0.6 is 0 Å². The van der Waals surface area contributed by atoms with Gasteiger partial charge in [-0.25, -0.2) is 13.2 Å². The molecule has 150 valence electrons. The monoisotopic (exact) mass is 404 g/mol. The molecule has 1 aromatic carbocycles. The van der Waals surface area contributed by atoms with Gasteiger partial charge < -0.3 is 4.42 Å². The van der Waals surface area contributed by atoms with Gasteiger partial charge in [0, 0.05) is 38.0 Å². The van der Waals surface area contributed by atoms with Crippen LogP contribution in [0.3, 0.4) is 0 Å². The highest BCUT2D eigenvalue weighted by Crippen LogP contribution is 2.35. The summed E-state index contributed by atoms with van der Waals surface area (Å²) in [5.74, 6) is -0.477. The Kier molecular flexibility index (Phi) is 4.88. The van der Waals surface area contributed by atoms with Crippen LogP contribution in [0.5, 0.6) is 0 Å². The summed E-state index contributed by atoms with van der Waals surface area (Å²) in [5.41, 5.74) is 1.80. The molecule has 8 nitrogen and oxygen atoms in total. The quantitative estimate of drug-likeness (QED) is 0.667. The van der Waals surface area contributed by atoms with E-state index in [0.29, 0.717) is 24.2 Å². The van der Waals surface area contributed by atoms with Gasteiger partial charge in [-0.1, -0.05) is 12.8 Å². The van der Waals surface area contributed by atoms with Gasteiger partial charge in [-0.15, -0.1) is 0 Å². The Morgan fingerprint density at radius 2 is 2.07 bits per heavy atom. The first-order chi connectivity index (χ1) is 13.4. The van der Waals surface area contributed by atoms with Crippen LogP contribution < -0.4 is 5.76 Å². The molecular formula is C19H24N4O4S. The van der Waals surface area contributed by atoms with Crippen LogP contribution in [0, 0.1) is 0 Å². The van der Waals surface area contributed by atoms with Crippen LogP contribution in [0.15, 0.2) is 44.7 Å². The van der Waals surface area contributed by atoms with Gasteiger partial charge in [-0.2, -0.15) is 9.40 Å². The molecule has 2 aromatic heterocycles. The maximum atomic E-state index is 13.5. The van der Waals surface area contributed by atoms with E-state index in [1.807, 2.05) is 20.2 Å². The van der Waals surface area contributed by atoms with Crippen molar-refractivity contribution in [1.29, 1.82) is 0 Å². The predicted molar refractivity (Wildman–Crippen MR) is 104 cm³/mol. The molecule has 1 atom stereocenters. The number of aryl methyl sites for hydroxylation is 2. The molecule has 3 aromatic rings. The molecule has 0 aliphatic carbocycles. The Labute approximate surface area is 163 Å². The van der Waals surface area contributed by atoms with E-state index < -0.39 is 15.8 Å². The van der Waals surface area contributed by atoms with Gasteiger partial charge in [0.2, 0.25) is 10.0 Å². The molecule has 0 amide bonds. The Morgan fingerprint density at radius 3 is 2.79 bits per heavy atom. The number of aromatic nitrogens is 3. The predicted octanol–water partition coefficient (Wildman–Crippen LogP) is 2.65. The number of oxazole rings is 1. The largest absolute Gasteiger partial charge is 0.419 e. The fraction of sp³-hybridized carbons (Fsp3) is 0.474. The van der Waals surface area contributed by atoms with Crippen molar-refractivity contribution >= 4 is 21.1 Å². The van der Waals surface area contributed by atoms with E-state index in [2.05, 4.69) is 5.10 Å². The van der Waals surface area contributed by atoms with E-state index in [1.165, 1.54) is 10.6 Å². The SMILES string of the molecule is CCn1c(=O)oc2cc(S(=O)(=O)N3CCCCCC3c3cnn(C)c3)ccc21. The van der Waals surface area contributed by atoms with Crippen molar-refractivity contribution < 1.29 is 12.8 Å². The lowest BCUT2D eigenvalue weighted by atomic mass is 10.1. The summed E-state index contributed by atoms with van der Waals surface area (Å²) in [7, 11) is -1.92. The Hall–Kier alpha value is -2.39. The highest BCUT2D eigenvalue weighted by molar-refractivity contribution is 7.89. The molecule has 28 heavy (non-hydrogen) atoms. The Morgan fingerprint density at radius 1 is 1.25 bits per heavy atom. The summed E-state index contributed by atoms with van der Waals surface area (Å²) >= 11 is 0. The minimum absolute atomic E-state index is 0.146. The van der Waals surface area contributed by atoms with Gasteiger partial charge in [0.1, 0.15) is 0 Å². The van der Waals surface area contributed by atoms with Gasteiger partial charge in [-0.3, -0.25) is 9.25 Å². The molecule has 1 fully saturated rings. The minimum atomic E-state index is -3.75. The van der Waals surface area contributed by atoms with E-state index in [-0.39, 0.29) is 10.9 Å². The number of benzene rings is 1. The third-order valence-electron chi connectivity index (χ3n) is 5.38. The molecule has 3 heterocycles. The summed E-state index contributed by atoms with van der Waals surface area (Å²) < 4.78 is 37.0. The molecule has 4 rings (SSSR count). The second-order valence-electron chi connectivity index (χ2n) is 7.17. The third kappa shape index (κ3) is 3.18. The number of sulfonamides is 1. The van der Waals surface area contributed by atoms with Gasteiger partial charge in [0.05, 0.1) is 22.7 Å². The summed E-state index contributed by atoms with van der Waals surface area (Å²) in [6.45, 7) is 2.77. The first kappa shape index (κ1) is 18.9. The van der Waals surface area contributed by atoms with Gasteiger partial charge in [0.25, 0.3) is 0 Å². The van der Waals surface area contributed by atoms with Crippen LogP contribution in [0.4, 0.5) is 0 Å².